The molecular formula is C20H21FN4O. The molecule has 0 saturated carbocycles. The summed E-state index contributed by atoms with van der Waals surface area (Å²) in [4.78, 5) is 11.4. The van der Waals surface area contributed by atoms with Crippen LogP contribution in [0.25, 0.3) is 11.3 Å². The van der Waals surface area contributed by atoms with Crippen LogP contribution in [0.4, 0.5) is 4.39 Å². The molecule has 3 aromatic rings. The van der Waals surface area contributed by atoms with Gasteiger partial charge < -0.3 is 4.52 Å². The first-order valence-electron chi connectivity index (χ1n) is 8.99. The Kier molecular flexibility index (Phi) is 4.75. The highest BCUT2D eigenvalue weighted by Gasteiger charge is 2.20. The SMILES string of the molecule is CCCc1ncc2c(n1)CCN(Cc1cc(-c3ccccc3F)no1)C2. The van der Waals surface area contributed by atoms with Gasteiger partial charge in [0.05, 0.1) is 6.54 Å². The minimum Gasteiger partial charge on any atom is -0.359 e. The van der Waals surface area contributed by atoms with Gasteiger partial charge in [0.15, 0.2) is 5.76 Å². The Bertz CT molecular complexity index is 908. The maximum Gasteiger partial charge on any atom is 0.151 e. The van der Waals surface area contributed by atoms with Crippen molar-refractivity contribution in [3.8, 4) is 11.3 Å². The van der Waals surface area contributed by atoms with Crippen molar-refractivity contribution in [3.05, 3.63) is 65.2 Å². The molecule has 0 unspecified atom stereocenters. The zero-order valence-corrected chi connectivity index (χ0v) is 14.8. The number of benzene rings is 1. The Morgan fingerprint density at radius 2 is 2.15 bits per heavy atom. The van der Waals surface area contributed by atoms with Gasteiger partial charge in [0.2, 0.25) is 0 Å². The van der Waals surface area contributed by atoms with Crippen molar-refractivity contribution in [2.75, 3.05) is 6.54 Å². The van der Waals surface area contributed by atoms with Gasteiger partial charge in [0.1, 0.15) is 17.3 Å². The highest BCUT2D eigenvalue weighted by molar-refractivity contribution is 5.59. The number of rotatable bonds is 5. The van der Waals surface area contributed by atoms with Crippen LogP contribution in [0.15, 0.2) is 41.1 Å². The van der Waals surface area contributed by atoms with E-state index in [9.17, 15) is 4.39 Å². The molecule has 134 valence electrons. The minimum absolute atomic E-state index is 0.292. The largest absolute Gasteiger partial charge is 0.359 e. The molecule has 5 nitrogen and oxygen atoms in total. The fourth-order valence-corrected chi connectivity index (χ4v) is 3.30. The van der Waals surface area contributed by atoms with Crippen molar-refractivity contribution in [1.29, 1.82) is 0 Å². The Balaban J connectivity index is 1.45. The maximum absolute atomic E-state index is 13.9. The molecular weight excluding hydrogens is 331 g/mol. The van der Waals surface area contributed by atoms with Gasteiger partial charge in [-0.05, 0) is 18.6 Å². The van der Waals surface area contributed by atoms with E-state index in [1.165, 1.54) is 11.6 Å². The molecule has 0 atom stereocenters. The molecule has 26 heavy (non-hydrogen) atoms. The molecule has 4 rings (SSSR count). The van der Waals surface area contributed by atoms with E-state index < -0.39 is 0 Å². The topological polar surface area (TPSA) is 55.1 Å². The second-order valence-corrected chi connectivity index (χ2v) is 6.63. The lowest BCUT2D eigenvalue weighted by molar-refractivity contribution is 0.213. The number of aryl methyl sites for hydroxylation is 1. The van der Waals surface area contributed by atoms with E-state index >= 15 is 0 Å². The molecule has 6 heteroatoms. The zero-order chi connectivity index (χ0) is 17.9. The van der Waals surface area contributed by atoms with Crippen LogP contribution in [0.1, 0.15) is 36.2 Å². The summed E-state index contributed by atoms with van der Waals surface area (Å²) in [6.45, 7) is 4.47. The summed E-state index contributed by atoms with van der Waals surface area (Å²) in [7, 11) is 0. The first-order chi connectivity index (χ1) is 12.7. The average molecular weight is 352 g/mol. The van der Waals surface area contributed by atoms with E-state index in [4.69, 9.17) is 4.52 Å². The summed E-state index contributed by atoms with van der Waals surface area (Å²) in [6, 6.07) is 8.41. The monoisotopic (exact) mass is 352 g/mol. The van der Waals surface area contributed by atoms with Crippen molar-refractivity contribution in [2.24, 2.45) is 0 Å². The molecule has 3 heterocycles. The van der Waals surface area contributed by atoms with E-state index in [2.05, 4.69) is 26.9 Å². The number of hydrogen-bond donors (Lipinski definition) is 0. The van der Waals surface area contributed by atoms with Crippen LogP contribution in [-0.2, 0) is 25.9 Å². The van der Waals surface area contributed by atoms with E-state index in [1.807, 2.05) is 12.3 Å². The van der Waals surface area contributed by atoms with E-state index in [0.717, 1.165) is 49.6 Å². The van der Waals surface area contributed by atoms with Gasteiger partial charge in [0, 0.05) is 55.0 Å². The van der Waals surface area contributed by atoms with Crippen molar-refractivity contribution >= 4 is 0 Å². The quantitative estimate of drug-likeness (QED) is 0.699. The van der Waals surface area contributed by atoms with Crippen molar-refractivity contribution in [3.63, 3.8) is 0 Å². The molecule has 0 fully saturated rings. The van der Waals surface area contributed by atoms with Crippen LogP contribution in [0.3, 0.4) is 0 Å². The predicted molar refractivity (Wildman–Crippen MR) is 95.7 cm³/mol. The highest BCUT2D eigenvalue weighted by atomic mass is 19.1. The molecule has 0 spiro atoms. The van der Waals surface area contributed by atoms with Gasteiger partial charge in [-0.1, -0.05) is 24.2 Å². The first-order valence-corrected chi connectivity index (χ1v) is 8.99. The predicted octanol–water partition coefficient (Wildman–Crippen LogP) is 3.78. The van der Waals surface area contributed by atoms with Gasteiger partial charge in [0.25, 0.3) is 0 Å². The lowest BCUT2D eigenvalue weighted by atomic mass is 10.1. The van der Waals surface area contributed by atoms with Crippen LogP contribution in [0.2, 0.25) is 0 Å². The van der Waals surface area contributed by atoms with Gasteiger partial charge in [-0.15, -0.1) is 0 Å². The molecule has 0 bridgehead atoms. The fourth-order valence-electron chi connectivity index (χ4n) is 3.30. The molecule has 0 aliphatic carbocycles. The number of halogens is 1. The lowest BCUT2D eigenvalue weighted by Gasteiger charge is -2.26. The molecule has 0 radical (unpaired) electrons. The molecule has 1 aliphatic heterocycles. The first kappa shape index (κ1) is 16.8. The van der Waals surface area contributed by atoms with E-state index in [-0.39, 0.29) is 5.82 Å². The molecule has 1 aliphatic rings. The Hall–Kier alpha value is -2.60. The van der Waals surface area contributed by atoms with Crippen LogP contribution < -0.4 is 0 Å². The summed E-state index contributed by atoms with van der Waals surface area (Å²) in [5, 5.41) is 4.02. The molecule has 0 N–H and O–H groups in total. The van der Waals surface area contributed by atoms with Crippen LogP contribution >= 0.6 is 0 Å². The third-order valence-electron chi connectivity index (χ3n) is 4.62. The molecule has 0 saturated heterocycles. The van der Waals surface area contributed by atoms with Crippen molar-refractivity contribution in [2.45, 2.75) is 39.3 Å². The number of aromatic nitrogens is 3. The van der Waals surface area contributed by atoms with Gasteiger partial charge in [-0.2, -0.15) is 0 Å². The summed E-state index contributed by atoms with van der Waals surface area (Å²) >= 11 is 0. The number of hydrogen-bond acceptors (Lipinski definition) is 5. The smallest absolute Gasteiger partial charge is 0.151 e. The molecule has 1 aromatic carbocycles. The summed E-state index contributed by atoms with van der Waals surface area (Å²) in [6.07, 6.45) is 4.84. The van der Waals surface area contributed by atoms with Gasteiger partial charge >= 0.3 is 0 Å². The van der Waals surface area contributed by atoms with E-state index in [0.29, 0.717) is 17.8 Å². The average Bonchev–Trinajstić information content (AvgIpc) is 3.11. The fraction of sp³-hybridized carbons (Fsp3) is 0.350. The second kappa shape index (κ2) is 7.33. The molecule has 2 aromatic heterocycles. The normalized spacial score (nSPS) is 14.4. The summed E-state index contributed by atoms with van der Waals surface area (Å²) in [5.41, 5.74) is 3.32. The van der Waals surface area contributed by atoms with Gasteiger partial charge in [-0.25, -0.2) is 14.4 Å². The van der Waals surface area contributed by atoms with Crippen molar-refractivity contribution in [1.82, 2.24) is 20.0 Å². The minimum atomic E-state index is -0.292. The number of fused-ring (bicyclic) bond motifs is 1. The summed E-state index contributed by atoms with van der Waals surface area (Å²) in [5.74, 6) is 1.37. The van der Waals surface area contributed by atoms with E-state index in [1.54, 1.807) is 18.2 Å². The Morgan fingerprint density at radius 1 is 1.27 bits per heavy atom. The zero-order valence-electron chi connectivity index (χ0n) is 14.8. The third-order valence-corrected chi connectivity index (χ3v) is 4.62. The van der Waals surface area contributed by atoms with Crippen LogP contribution in [-0.4, -0.2) is 26.6 Å². The maximum atomic E-state index is 13.9. The third kappa shape index (κ3) is 3.51. The van der Waals surface area contributed by atoms with Gasteiger partial charge in [-0.3, -0.25) is 4.90 Å². The molecule has 0 amide bonds. The Labute approximate surface area is 151 Å². The number of nitrogens with zero attached hydrogens (tertiary/aromatic N) is 4. The lowest BCUT2D eigenvalue weighted by Crippen LogP contribution is -2.31. The standard InChI is InChI=1S/C20H21FN4O/c1-2-5-20-22-11-14-12-25(9-8-18(14)23-20)13-15-10-19(24-26-15)16-6-3-4-7-17(16)21/h3-4,6-7,10-11H,2,5,8-9,12-13H2,1H3. The summed E-state index contributed by atoms with van der Waals surface area (Å²) < 4.78 is 19.3. The highest BCUT2D eigenvalue weighted by Crippen LogP contribution is 2.24. The second-order valence-electron chi connectivity index (χ2n) is 6.63. The van der Waals surface area contributed by atoms with Crippen molar-refractivity contribution < 1.29 is 8.91 Å². The van der Waals surface area contributed by atoms with Crippen LogP contribution in [0.5, 0.6) is 0 Å². The van der Waals surface area contributed by atoms with Crippen LogP contribution in [0, 0.1) is 5.82 Å². The Morgan fingerprint density at radius 3 is 3.00 bits per heavy atom.